The van der Waals surface area contributed by atoms with Crippen LogP contribution in [0.5, 0.6) is 0 Å². The molecule has 4 nitrogen and oxygen atoms in total. The number of rotatable bonds is 5. The van der Waals surface area contributed by atoms with E-state index in [0.29, 0.717) is 24.9 Å². The molecule has 0 spiro atoms. The Hall–Kier alpha value is -2.31. The van der Waals surface area contributed by atoms with Crippen LogP contribution >= 0.6 is 0 Å². The van der Waals surface area contributed by atoms with Gasteiger partial charge in [0.2, 0.25) is 5.91 Å². The molecule has 1 N–H and O–H groups in total. The molecule has 1 aromatic carbocycles. The molecule has 0 saturated heterocycles. The topological polar surface area (TPSA) is 46.9 Å². The zero-order chi connectivity index (χ0) is 16.4. The van der Waals surface area contributed by atoms with Crippen LogP contribution in [-0.4, -0.2) is 21.5 Å². The predicted octanol–water partition coefficient (Wildman–Crippen LogP) is 2.96. The maximum atomic E-state index is 12.7. The van der Waals surface area contributed by atoms with Crippen molar-refractivity contribution in [3.05, 3.63) is 54.1 Å². The second kappa shape index (κ2) is 6.06. The highest BCUT2D eigenvalue weighted by molar-refractivity contribution is 5.76. The Morgan fingerprint density at radius 2 is 2.22 bits per heavy atom. The van der Waals surface area contributed by atoms with E-state index in [4.69, 9.17) is 0 Å². The minimum Gasteiger partial charge on any atom is -0.353 e. The first-order valence-electron chi connectivity index (χ1n) is 7.36. The number of aryl methyl sites for hydroxylation is 1. The van der Waals surface area contributed by atoms with E-state index in [1.54, 1.807) is 29.4 Å². The third kappa shape index (κ3) is 3.91. The van der Waals surface area contributed by atoms with Crippen molar-refractivity contribution in [2.45, 2.75) is 37.5 Å². The number of imidazole rings is 1. The van der Waals surface area contributed by atoms with Crippen LogP contribution in [-0.2, 0) is 17.5 Å². The minimum absolute atomic E-state index is 0.0329. The maximum Gasteiger partial charge on any atom is 0.416 e. The highest BCUT2D eigenvalue weighted by Crippen LogP contribution is 2.42. The van der Waals surface area contributed by atoms with Crippen molar-refractivity contribution < 1.29 is 18.0 Å². The third-order valence-electron chi connectivity index (χ3n) is 3.94. The Labute approximate surface area is 131 Å². The van der Waals surface area contributed by atoms with Gasteiger partial charge in [0.05, 0.1) is 11.9 Å². The highest BCUT2D eigenvalue weighted by Gasteiger charge is 2.40. The van der Waals surface area contributed by atoms with Crippen LogP contribution in [0, 0.1) is 0 Å². The van der Waals surface area contributed by atoms with Gasteiger partial charge >= 0.3 is 6.18 Å². The van der Waals surface area contributed by atoms with Crippen molar-refractivity contribution in [2.24, 2.45) is 0 Å². The molecule has 1 aliphatic rings. The smallest absolute Gasteiger partial charge is 0.353 e. The number of hydrogen-bond acceptors (Lipinski definition) is 2. The van der Waals surface area contributed by atoms with E-state index in [-0.39, 0.29) is 17.9 Å². The van der Waals surface area contributed by atoms with E-state index < -0.39 is 11.7 Å². The largest absolute Gasteiger partial charge is 0.416 e. The molecular weight excluding hydrogens is 307 g/mol. The van der Waals surface area contributed by atoms with E-state index in [0.717, 1.165) is 6.07 Å². The average Bonchev–Trinajstić information content (AvgIpc) is 3.06. The van der Waals surface area contributed by atoms with Gasteiger partial charge in [0.1, 0.15) is 0 Å². The fourth-order valence-corrected chi connectivity index (χ4v) is 2.60. The molecule has 1 saturated carbocycles. The van der Waals surface area contributed by atoms with Gasteiger partial charge in [0.15, 0.2) is 0 Å². The molecule has 1 amide bonds. The van der Waals surface area contributed by atoms with Crippen molar-refractivity contribution in [1.82, 2.24) is 14.9 Å². The summed E-state index contributed by atoms with van der Waals surface area (Å²) in [5.74, 6) is -0.132. The van der Waals surface area contributed by atoms with Gasteiger partial charge in [0, 0.05) is 37.3 Å². The zero-order valence-electron chi connectivity index (χ0n) is 12.3. The zero-order valence-corrected chi connectivity index (χ0v) is 12.3. The number of aromatic nitrogens is 2. The van der Waals surface area contributed by atoms with Crippen LogP contribution in [0.15, 0.2) is 43.0 Å². The first-order valence-corrected chi connectivity index (χ1v) is 7.36. The van der Waals surface area contributed by atoms with E-state index in [1.165, 1.54) is 12.1 Å². The summed E-state index contributed by atoms with van der Waals surface area (Å²) in [6.45, 7) is 0.535. The van der Waals surface area contributed by atoms with E-state index in [1.807, 2.05) is 0 Å². The lowest BCUT2D eigenvalue weighted by atomic mass is 10.1. The Morgan fingerprint density at radius 1 is 1.39 bits per heavy atom. The number of halogens is 3. The lowest BCUT2D eigenvalue weighted by Gasteiger charge is -2.09. The molecule has 1 aromatic heterocycles. The van der Waals surface area contributed by atoms with Crippen molar-refractivity contribution in [3.63, 3.8) is 0 Å². The number of nitrogens with one attached hydrogen (secondary N) is 1. The van der Waals surface area contributed by atoms with Crippen LogP contribution in [0.25, 0.3) is 0 Å². The SMILES string of the molecule is O=C(CCn1ccnc1)N[C@H]1C[C@H]1c1cccc(C(F)(F)F)c1. The van der Waals surface area contributed by atoms with Crippen molar-refractivity contribution >= 4 is 5.91 Å². The summed E-state index contributed by atoms with van der Waals surface area (Å²) in [7, 11) is 0. The van der Waals surface area contributed by atoms with Gasteiger partial charge in [-0.05, 0) is 18.1 Å². The lowest BCUT2D eigenvalue weighted by Crippen LogP contribution is -2.27. The van der Waals surface area contributed by atoms with Gasteiger partial charge in [-0.15, -0.1) is 0 Å². The van der Waals surface area contributed by atoms with Crippen molar-refractivity contribution in [3.8, 4) is 0 Å². The molecule has 1 aliphatic carbocycles. The number of alkyl halides is 3. The van der Waals surface area contributed by atoms with E-state index >= 15 is 0 Å². The molecule has 0 bridgehead atoms. The molecule has 1 fully saturated rings. The van der Waals surface area contributed by atoms with Gasteiger partial charge in [0.25, 0.3) is 0 Å². The second-order valence-corrected chi connectivity index (χ2v) is 5.69. The summed E-state index contributed by atoms with van der Waals surface area (Å²) in [5.41, 5.74) is -0.0215. The van der Waals surface area contributed by atoms with Crippen molar-refractivity contribution in [1.29, 1.82) is 0 Å². The van der Waals surface area contributed by atoms with Gasteiger partial charge in [-0.25, -0.2) is 4.98 Å². The second-order valence-electron chi connectivity index (χ2n) is 5.69. The molecule has 122 valence electrons. The van der Waals surface area contributed by atoms with Crippen LogP contribution in [0.4, 0.5) is 13.2 Å². The van der Waals surface area contributed by atoms with Gasteiger partial charge < -0.3 is 9.88 Å². The number of benzene rings is 1. The predicted molar refractivity (Wildman–Crippen MR) is 77.6 cm³/mol. The van der Waals surface area contributed by atoms with Gasteiger partial charge in [-0.1, -0.05) is 18.2 Å². The summed E-state index contributed by atoms with van der Waals surface area (Å²) in [6.07, 6.45) is 1.71. The van der Waals surface area contributed by atoms with Crippen LogP contribution in [0.3, 0.4) is 0 Å². The molecule has 2 atom stereocenters. The molecule has 0 aliphatic heterocycles. The fraction of sp³-hybridized carbons (Fsp3) is 0.375. The number of amides is 1. The van der Waals surface area contributed by atoms with Gasteiger partial charge in [-0.2, -0.15) is 13.2 Å². The summed E-state index contributed by atoms with van der Waals surface area (Å²) in [4.78, 5) is 15.8. The third-order valence-corrected chi connectivity index (χ3v) is 3.94. The van der Waals surface area contributed by atoms with Crippen molar-refractivity contribution in [2.75, 3.05) is 0 Å². The van der Waals surface area contributed by atoms with Gasteiger partial charge in [-0.3, -0.25) is 4.79 Å². The maximum absolute atomic E-state index is 12.7. The molecular formula is C16H16F3N3O. The summed E-state index contributed by atoms with van der Waals surface area (Å²) >= 11 is 0. The lowest BCUT2D eigenvalue weighted by molar-refractivity contribution is -0.137. The molecule has 3 rings (SSSR count). The first-order chi connectivity index (χ1) is 10.9. The Balaban J connectivity index is 1.52. The molecule has 1 heterocycles. The summed E-state index contributed by atoms with van der Waals surface area (Å²) in [5, 5.41) is 2.87. The normalized spacial score (nSPS) is 20.3. The minimum atomic E-state index is -4.34. The van der Waals surface area contributed by atoms with Crippen LogP contribution in [0.1, 0.15) is 29.9 Å². The Bertz CT molecular complexity index is 682. The monoisotopic (exact) mass is 323 g/mol. The molecule has 2 aromatic rings. The summed E-state index contributed by atoms with van der Waals surface area (Å²) in [6, 6.07) is 5.24. The standard InChI is InChI=1S/C16H16F3N3O/c17-16(18,19)12-3-1-2-11(8-12)13-9-14(13)21-15(23)4-6-22-7-5-20-10-22/h1-3,5,7-8,10,13-14H,4,6,9H2,(H,21,23)/t13-,14-/m0/s1. The first kappa shape index (κ1) is 15.6. The number of carbonyl (C=O) groups is 1. The van der Waals surface area contributed by atoms with E-state index in [9.17, 15) is 18.0 Å². The number of hydrogen-bond donors (Lipinski definition) is 1. The average molecular weight is 323 g/mol. The quantitative estimate of drug-likeness (QED) is 0.919. The molecule has 23 heavy (non-hydrogen) atoms. The van der Waals surface area contributed by atoms with Crippen LogP contribution < -0.4 is 5.32 Å². The summed E-state index contributed by atoms with van der Waals surface area (Å²) < 4.78 is 40.0. The fourth-order valence-electron chi connectivity index (χ4n) is 2.60. The van der Waals surface area contributed by atoms with E-state index in [2.05, 4.69) is 10.3 Å². The molecule has 7 heteroatoms. The highest BCUT2D eigenvalue weighted by atomic mass is 19.4. The Morgan fingerprint density at radius 3 is 2.91 bits per heavy atom. The Kier molecular flexibility index (Phi) is 4.11. The van der Waals surface area contributed by atoms with Crippen LogP contribution in [0.2, 0.25) is 0 Å². The number of carbonyl (C=O) groups excluding carboxylic acids is 1. The molecule has 0 unspecified atom stereocenters. The molecule has 0 radical (unpaired) electrons. The number of nitrogens with zero attached hydrogens (tertiary/aromatic N) is 2.